The molecule has 0 aromatic rings. The summed E-state index contributed by atoms with van der Waals surface area (Å²) in [5.41, 5.74) is 0. The lowest BCUT2D eigenvalue weighted by Gasteiger charge is -1.81. The van der Waals surface area contributed by atoms with Crippen LogP contribution in [0.1, 0.15) is 6.42 Å². The lowest BCUT2D eigenvalue weighted by atomic mass is 9.89. The van der Waals surface area contributed by atoms with Crippen molar-refractivity contribution in [2.45, 2.75) is 18.1 Å². The molecule has 1 saturated heterocycles. The monoisotopic (exact) mass is 51.0 g/mol. The predicted molar refractivity (Wildman–Crippen MR) is 17.9 cm³/mol. The largest absolute Gasteiger partial charge is 0.336 e. The Labute approximate surface area is 26.4 Å². The van der Waals surface area contributed by atoms with E-state index in [-0.39, 0.29) is 0 Å². The summed E-state index contributed by atoms with van der Waals surface area (Å²) < 4.78 is 0. The summed E-state index contributed by atoms with van der Waals surface area (Å²) >= 11 is 0. The Morgan fingerprint density at radius 2 is 1.75 bits per heavy atom. The van der Waals surface area contributed by atoms with Crippen LogP contribution in [0.4, 0.5) is 0 Å². The first-order chi connectivity index (χ1) is 1.97. The van der Waals surface area contributed by atoms with E-state index in [4.69, 9.17) is 0 Å². The van der Waals surface area contributed by atoms with E-state index in [9.17, 15) is 0 Å². The van der Waals surface area contributed by atoms with E-state index in [1.54, 1.807) is 0 Å². The van der Waals surface area contributed by atoms with Crippen LogP contribution in [0.2, 0.25) is 11.6 Å². The molecule has 2 fully saturated rings. The zero-order valence-corrected chi connectivity index (χ0v) is 2.44. The normalized spacial score (nSPS) is 66.0. The van der Waals surface area contributed by atoms with E-state index < -0.39 is 0 Å². The summed E-state index contributed by atoms with van der Waals surface area (Å²) in [6.45, 7) is 0. The van der Waals surface area contributed by atoms with Gasteiger partial charge in [0.15, 0.2) is 0 Å². The SMILES string of the molecule is [B-]1C2CC12. The van der Waals surface area contributed by atoms with Crippen LogP contribution in [0, 0.1) is 0 Å². The molecule has 1 aliphatic heterocycles. The van der Waals surface area contributed by atoms with E-state index in [0.717, 1.165) is 11.6 Å². The van der Waals surface area contributed by atoms with E-state index in [2.05, 4.69) is 7.28 Å². The molecule has 1 heteroatoms. The quantitative estimate of drug-likeness (QED) is 0.355. The minimum Gasteiger partial charge on any atom is -0.336 e. The number of hydrogen-bond donors (Lipinski definition) is 0. The summed E-state index contributed by atoms with van der Waals surface area (Å²) in [7, 11) is 2.39. The van der Waals surface area contributed by atoms with Crippen molar-refractivity contribution >= 4 is 7.28 Å². The summed E-state index contributed by atoms with van der Waals surface area (Å²) in [6.07, 6.45) is 1.53. The molecule has 0 spiro atoms. The predicted octanol–water partition coefficient (Wildman–Crippen LogP) is 0.685. The molecule has 1 heterocycles. The molecule has 2 unspecified atom stereocenters. The Morgan fingerprint density at radius 3 is 1.75 bits per heavy atom. The first kappa shape index (κ1) is 1.49. The van der Waals surface area contributed by atoms with Gasteiger partial charge in [0.25, 0.3) is 0 Å². The van der Waals surface area contributed by atoms with Gasteiger partial charge in [-0.05, 0) is 0 Å². The second-order valence-corrected chi connectivity index (χ2v) is 1.76. The second kappa shape index (κ2) is 0.201. The van der Waals surface area contributed by atoms with Crippen molar-refractivity contribution in [1.29, 1.82) is 0 Å². The summed E-state index contributed by atoms with van der Waals surface area (Å²) in [4.78, 5) is 0. The van der Waals surface area contributed by atoms with Crippen LogP contribution in [0.25, 0.3) is 0 Å². The van der Waals surface area contributed by atoms with Crippen LogP contribution >= 0.6 is 0 Å². The van der Waals surface area contributed by atoms with Gasteiger partial charge in [-0.25, -0.2) is 0 Å². The first-order valence-electron chi connectivity index (χ1n) is 1.82. The van der Waals surface area contributed by atoms with Crippen LogP contribution in [0.3, 0.4) is 0 Å². The van der Waals surface area contributed by atoms with Crippen LogP contribution in [0.5, 0.6) is 0 Å². The highest BCUT2D eigenvalue weighted by atomic mass is 14.4. The van der Waals surface area contributed by atoms with Crippen molar-refractivity contribution in [3.05, 3.63) is 0 Å². The van der Waals surface area contributed by atoms with Crippen molar-refractivity contribution in [2.24, 2.45) is 0 Å². The van der Waals surface area contributed by atoms with Crippen molar-refractivity contribution in [2.75, 3.05) is 0 Å². The number of rotatable bonds is 0. The lowest BCUT2D eigenvalue weighted by molar-refractivity contribution is 1.41. The van der Waals surface area contributed by atoms with Gasteiger partial charge in [0, 0.05) is 0 Å². The van der Waals surface area contributed by atoms with Gasteiger partial charge in [-0.15, -0.1) is 6.42 Å². The highest BCUT2D eigenvalue weighted by molar-refractivity contribution is 6.59. The lowest BCUT2D eigenvalue weighted by Crippen LogP contribution is -1.59. The molecule has 2 atom stereocenters. The topological polar surface area (TPSA) is 0 Å². The van der Waals surface area contributed by atoms with Gasteiger partial charge in [-0.2, -0.15) is 0 Å². The third-order valence-corrected chi connectivity index (χ3v) is 1.24. The number of fused-ring (bicyclic) bond motifs is 1. The molecule has 1 aliphatic carbocycles. The highest BCUT2D eigenvalue weighted by Gasteiger charge is 2.31. The van der Waals surface area contributed by atoms with Crippen LogP contribution in [0.15, 0.2) is 0 Å². The zero-order valence-electron chi connectivity index (χ0n) is 2.44. The summed E-state index contributed by atoms with van der Waals surface area (Å²) in [6, 6.07) is 0. The van der Waals surface area contributed by atoms with Crippen LogP contribution in [-0.2, 0) is 0 Å². The van der Waals surface area contributed by atoms with Gasteiger partial charge in [0.2, 0.25) is 0 Å². The van der Waals surface area contributed by atoms with Gasteiger partial charge < -0.3 is 7.28 Å². The Hall–Kier alpha value is 0.0649. The van der Waals surface area contributed by atoms with E-state index in [0.29, 0.717) is 0 Å². The maximum absolute atomic E-state index is 2.39. The molecule has 20 valence electrons. The first-order valence-corrected chi connectivity index (χ1v) is 1.82. The molecule has 2 rings (SSSR count). The van der Waals surface area contributed by atoms with Gasteiger partial charge >= 0.3 is 0 Å². The molecule has 0 bridgehead atoms. The maximum Gasteiger partial charge on any atom is -0.127 e. The molecular weight excluding hydrogens is 46.8 g/mol. The molecule has 1 saturated carbocycles. The Morgan fingerprint density at radius 1 is 1.50 bits per heavy atom. The minimum absolute atomic E-state index is 1.12. The van der Waals surface area contributed by atoms with Crippen molar-refractivity contribution in [1.82, 2.24) is 0 Å². The molecule has 2 radical (unpaired) electrons. The average molecular weight is 50.9 g/mol. The van der Waals surface area contributed by atoms with Gasteiger partial charge in [-0.3, -0.25) is 11.6 Å². The molecule has 0 nitrogen and oxygen atoms in total. The fourth-order valence-corrected chi connectivity index (χ4v) is 0.450. The van der Waals surface area contributed by atoms with Gasteiger partial charge in [-0.1, -0.05) is 0 Å². The smallest absolute Gasteiger partial charge is 0.127 e. The van der Waals surface area contributed by atoms with Crippen molar-refractivity contribution in [3.8, 4) is 0 Å². The molecule has 4 heavy (non-hydrogen) atoms. The minimum atomic E-state index is 1.12. The van der Waals surface area contributed by atoms with E-state index in [1.807, 2.05) is 0 Å². The molecular formula is C3H4B-. The number of hydrogen-bond acceptors (Lipinski definition) is 0. The summed E-state index contributed by atoms with van der Waals surface area (Å²) in [5, 5.41) is 0. The van der Waals surface area contributed by atoms with Crippen molar-refractivity contribution in [3.63, 3.8) is 0 Å². The van der Waals surface area contributed by atoms with E-state index >= 15 is 0 Å². The standard InChI is InChI=1S/C3H4B/c1-2-3(1)4-2/h2-3H,1H2/q-1. The molecule has 0 aromatic carbocycles. The fourth-order valence-electron chi connectivity index (χ4n) is 0.450. The van der Waals surface area contributed by atoms with Crippen LogP contribution in [-0.4, -0.2) is 7.28 Å². The molecule has 2 aliphatic rings. The Bertz CT molecular complexity index is 39.2. The molecule has 0 N–H and O–H groups in total. The highest BCUT2D eigenvalue weighted by Crippen LogP contribution is 2.67. The van der Waals surface area contributed by atoms with E-state index in [1.165, 1.54) is 6.42 Å². The summed E-state index contributed by atoms with van der Waals surface area (Å²) in [5.74, 6) is 2.25. The second-order valence-electron chi connectivity index (χ2n) is 1.76. The van der Waals surface area contributed by atoms with Crippen LogP contribution < -0.4 is 0 Å². The zero-order chi connectivity index (χ0) is 2.57. The molecule has 0 amide bonds. The fraction of sp³-hybridized carbons (Fsp3) is 1.00. The maximum atomic E-state index is 2.39. The van der Waals surface area contributed by atoms with Gasteiger partial charge in [0.05, 0.1) is 0 Å². The Kier molecular flexibility index (Phi) is 0.0748. The molecule has 0 aromatic heterocycles. The van der Waals surface area contributed by atoms with Crippen molar-refractivity contribution < 1.29 is 0 Å². The third-order valence-electron chi connectivity index (χ3n) is 1.24. The average Bonchev–Trinajstić information content (AvgIpc) is 1.36. The van der Waals surface area contributed by atoms with Gasteiger partial charge in [0.1, 0.15) is 0 Å². The third kappa shape index (κ3) is 0.0360. The Balaban J connectivity index is 2.48.